The number of rotatable bonds is 4. The summed E-state index contributed by atoms with van der Waals surface area (Å²) in [6, 6.07) is 9.85. The van der Waals surface area contributed by atoms with E-state index in [-0.39, 0.29) is 0 Å². The lowest BCUT2D eigenvalue weighted by molar-refractivity contribution is 0.101. The topological polar surface area (TPSA) is 34.1 Å². The van der Waals surface area contributed by atoms with Gasteiger partial charge in [0.1, 0.15) is 11.6 Å². The molecule has 2 rings (SSSR count). The summed E-state index contributed by atoms with van der Waals surface area (Å²) in [6.07, 6.45) is 0. The minimum atomic E-state index is -1.67. The summed E-state index contributed by atoms with van der Waals surface area (Å²) in [6.45, 7) is 0. The zero-order valence-electron chi connectivity index (χ0n) is 10.1. The fourth-order valence-corrected chi connectivity index (χ4v) is 3.54. The van der Waals surface area contributed by atoms with Crippen LogP contribution in [0.5, 0.6) is 0 Å². The third kappa shape index (κ3) is 3.19. The van der Waals surface area contributed by atoms with Crippen LogP contribution in [0.1, 0.15) is 10.4 Å². The van der Waals surface area contributed by atoms with E-state index in [2.05, 4.69) is 15.9 Å². The van der Waals surface area contributed by atoms with Gasteiger partial charge in [-0.05, 0) is 40.2 Å². The van der Waals surface area contributed by atoms with Gasteiger partial charge in [0.15, 0.2) is 5.78 Å². The minimum absolute atomic E-state index is 0.414. The van der Waals surface area contributed by atoms with Gasteiger partial charge in [-0.1, -0.05) is 18.2 Å². The van der Waals surface area contributed by atoms with Crippen LogP contribution >= 0.6 is 15.9 Å². The first-order valence-corrected chi connectivity index (χ1v) is 7.72. The van der Waals surface area contributed by atoms with Gasteiger partial charge >= 0.3 is 0 Å². The summed E-state index contributed by atoms with van der Waals surface area (Å²) in [5.41, 5.74) is -0.645. The number of benzene rings is 2. The number of hydrogen-bond donors (Lipinski definition) is 0. The number of carbonyl (C=O) groups excluding carboxylic acids is 1. The van der Waals surface area contributed by atoms with Crippen LogP contribution in [0.15, 0.2) is 51.8 Å². The van der Waals surface area contributed by atoms with Crippen LogP contribution in [0.2, 0.25) is 0 Å². The number of ketones is 1. The van der Waals surface area contributed by atoms with Crippen LogP contribution in [0.25, 0.3) is 0 Å². The van der Waals surface area contributed by atoms with E-state index < -0.39 is 39.5 Å². The van der Waals surface area contributed by atoms with Crippen LogP contribution in [-0.4, -0.2) is 15.7 Å². The number of Topliss-reactive ketones (excluding diaryl/α,β-unsaturated/α-hetero) is 1. The van der Waals surface area contributed by atoms with Gasteiger partial charge < -0.3 is 0 Å². The molecule has 2 aromatic rings. The molecule has 0 spiro atoms. The van der Waals surface area contributed by atoms with Crippen molar-refractivity contribution in [3.8, 4) is 0 Å². The Morgan fingerprint density at radius 2 is 1.65 bits per heavy atom. The molecule has 0 fully saturated rings. The molecule has 0 aromatic heterocycles. The minimum Gasteiger partial charge on any atom is -0.293 e. The van der Waals surface area contributed by atoms with E-state index in [0.29, 0.717) is 9.37 Å². The van der Waals surface area contributed by atoms with Crippen LogP contribution in [0.4, 0.5) is 8.78 Å². The first-order valence-electron chi connectivity index (χ1n) is 5.61. The van der Waals surface area contributed by atoms with Gasteiger partial charge in [0, 0.05) is 4.47 Å². The number of halogens is 3. The Morgan fingerprint density at radius 3 is 2.25 bits per heavy atom. The Hall–Kier alpha value is -1.40. The molecular formula is C14H9BrF2O2S. The Kier molecular flexibility index (Phi) is 4.77. The molecule has 1 unspecified atom stereocenters. The molecule has 0 radical (unpaired) electrons. The first-order chi connectivity index (χ1) is 9.50. The third-order valence-electron chi connectivity index (χ3n) is 2.59. The molecule has 0 heterocycles. The number of carbonyl (C=O) groups is 1. The van der Waals surface area contributed by atoms with E-state index in [9.17, 15) is 17.8 Å². The van der Waals surface area contributed by atoms with Crippen molar-refractivity contribution in [1.29, 1.82) is 0 Å². The smallest absolute Gasteiger partial charge is 0.181 e. The highest BCUT2D eigenvalue weighted by atomic mass is 79.9. The van der Waals surface area contributed by atoms with Gasteiger partial charge in [0.05, 0.1) is 27.0 Å². The van der Waals surface area contributed by atoms with Crippen molar-refractivity contribution in [2.75, 3.05) is 5.75 Å². The van der Waals surface area contributed by atoms with Crippen LogP contribution in [0, 0.1) is 11.6 Å². The lowest BCUT2D eigenvalue weighted by Gasteiger charge is -2.06. The quantitative estimate of drug-likeness (QED) is 0.780. The Morgan fingerprint density at radius 1 is 1.05 bits per heavy atom. The van der Waals surface area contributed by atoms with Gasteiger partial charge in [-0.15, -0.1) is 0 Å². The summed E-state index contributed by atoms with van der Waals surface area (Å²) in [7, 11) is -1.67. The molecule has 2 nitrogen and oxygen atoms in total. The Balaban J connectivity index is 2.25. The fraction of sp³-hybridized carbons (Fsp3) is 0.0714. The standard InChI is InChI=1S/C14H9BrF2O2S/c15-9-4-1-2-7-13(9)20(19)8-12(18)14-10(16)5-3-6-11(14)17/h1-7H,8H2. The zero-order chi connectivity index (χ0) is 14.7. The fourth-order valence-electron chi connectivity index (χ4n) is 1.66. The highest BCUT2D eigenvalue weighted by molar-refractivity contribution is 9.10. The maximum Gasteiger partial charge on any atom is 0.181 e. The van der Waals surface area contributed by atoms with Crippen LogP contribution in [0.3, 0.4) is 0 Å². The molecule has 0 aliphatic heterocycles. The predicted octanol–water partition coefficient (Wildman–Crippen LogP) is 3.72. The SMILES string of the molecule is O=C(CS(=O)c1ccccc1Br)c1c(F)cccc1F. The summed E-state index contributed by atoms with van der Waals surface area (Å²) >= 11 is 3.22. The van der Waals surface area contributed by atoms with E-state index in [1.807, 2.05) is 0 Å². The molecule has 1 atom stereocenters. The summed E-state index contributed by atoms with van der Waals surface area (Å²) in [5.74, 6) is -3.19. The van der Waals surface area contributed by atoms with Crippen molar-refractivity contribution >= 4 is 32.5 Å². The van der Waals surface area contributed by atoms with Crippen molar-refractivity contribution in [1.82, 2.24) is 0 Å². The van der Waals surface area contributed by atoms with Crippen molar-refractivity contribution in [2.24, 2.45) is 0 Å². The average Bonchev–Trinajstić information content (AvgIpc) is 2.38. The molecule has 0 N–H and O–H groups in total. The van der Waals surface area contributed by atoms with E-state index in [1.54, 1.807) is 24.3 Å². The Bertz CT molecular complexity index is 668. The Labute approximate surface area is 125 Å². The third-order valence-corrected chi connectivity index (χ3v) is 4.91. The lowest BCUT2D eigenvalue weighted by Crippen LogP contribution is -2.14. The molecule has 0 amide bonds. The van der Waals surface area contributed by atoms with E-state index >= 15 is 0 Å². The van der Waals surface area contributed by atoms with Gasteiger partial charge in [-0.3, -0.25) is 9.00 Å². The number of hydrogen-bond acceptors (Lipinski definition) is 2. The molecule has 2 aromatic carbocycles. The average molecular weight is 359 g/mol. The van der Waals surface area contributed by atoms with Crippen molar-refractivity contribution in [3.63, 3.8) is 0 Å². The highest BCUT2D eigenvalue weighted by Gasteiger charge is 2.20. The first kappa shape index (κ1) is 15.0. The lowest BCUT2D eigenvalue weighted by atomic mass is 10.1. The maximum absolute atomic E-state index is 13.5. The highest BCUT2D eigenvalue weighted by Crippen LogP contribution is 2.21. The summed E-state index contributed by atoms with van der Waals surface area (Å²) in [5, 5.41) is 0. The summed E-state index contributed by atoms with van der Waals surface area (Å²) in [4.78, 5) is 12.3. The molecule has 0 aliphatic rings. The molecule has 6 heteroatoms. The van der Waals surface area contributed by atoms with Crippen molar-refractivity contribution in [2.45, 2.75) is 4.90 Å². The molecular weight excluding hydrogens is 350 g/mol. The normalized spacial score (nSPS) is 12.2. The van der Waals surface area contributed by atoms with Crippen molar-refractivity contribution in [3.05, 3.63) is 64.1 Å². The maximum atomic E-state index is 13.5. The van der Waals surface area contributed by atoms with E-state index in [1.165, 1.54) is 6.07 Å². The van der Waals surface area contributed by atoms with E-state index in [0.717, 1.165) is 12.1 Å². The molecule has 0 saturated heterocycles. The predicted molar refractivity (Wildman–Crippen MR) is 76.1 cm³/mol. The second-order valence-electron chi connectivity index (χ2n) is 3.94. The summed E-state index contributed by atoms with van der Waals surface area (Å²) < 4.78 is 39.6. The van der Waals surface area contributed by atoms with E-state index in [4.69, 9.17) is 0 Å². The second kappa shape index (κ2) is 6.37. The zero-order valence-corrected chi connectivity index (χ0v) is 12.5. The van der Waals surface area contributed by atoms with Gasteiger partial charge in [0.25, 0.3) is 0 Å². The molecule has 0 bridgehead atoms. The van der Waals surface area contributed by atoms with Gasteiger partial charge in [0.2, 0.25) is 0 Å². The monoisotopic (exact) mass is 358 g/mol. The molecule has 0 aliphatic carbocycles. The van der Waals surface area contributed by atoms with Crippen LogP contribution in [-0.2, 0) is 10.8 Å². The second-order valence-corrected chi connectivity index (χ2v) is 6.21. The molecule has 0 saturated carbocycles. The molecule has 104 valence electrons. The molecule has 20 heavy (non-hydrogen) atoms. The largest absolute Gasteiger partial charge is 0.293 e. The van der Waals surface area contributed by atoms with Crippen LogP contribution < -0.4 is 0 Å². The van der Waals surface area contributed by atoms with Gasteiger partial charge in [-0.2, -0.15) is 0 Å². The van der Waals surface area contributed by atoms with Crippen molar-refractivity contribution < 1.29 is 17.8 Å². The van der Waals surface area contributed by atoms with Gasteiger partial charge in [-0.25, -0.2) is 8.78 Å².